The fraction of sp³-hybridized carbons (Fsp3) is 0.625. The van der Waals surface area contributed by atoms with E-state index >= 15 is 0 Å². The number of carbonyl (C=O) groups is 1. The molecule has 0 fully saturated rings. The van der Waals surface area contributed by atoms with Crippen LogP contribution in [0.5, 0.6) is 5.75 Å². The molecule has 0 amide bonds. The van der Waals surface area contributed by atoms with Crippen molar-refractivity contribution in [3.8, 4) is 5.75 Å². The van der Waals surface area contributed by atoms with E-state index in [1.165, 1.54) is 76.9 Å². The quantitative estimate of drug-likeness (QED) is 0.186. The largest absolute Gasteiger partial charge is 0.508 e. The molecule has 0 aliphatic carbocycles. The van der Waals surface area contributed by atoms with E-state index in [9.17, 15) is 9.90 Å². The van der Waals surface area contributed by atoms with E-state index in [0.717, 1.165) is 18.4 Å². The Bertz CT molecular complexity index is 505. The third-order valence-corrected chi connectivity index (χ3v) is 4.84. The number of ether oxygens (including phenoxy) is 1. The summed E-state index contributed by atoms with van der Waals surface area (Å²) in [7, 11) is 0. The van der Waals surface area contributed by atoms with Crippen LogP contribution < -0.4 is 0 Å². The highest BCUT2D eigenvalue weighted by Crippen LogP contribution is 2.13. The molecule has 1 aromatic rings. The minimum absolute atomic E-state index is 0.173. The Morgan fingerprint density at radius 2 is 1.30 bits per heavy atom. The Hall–Kier alpha value is -1.77. The van der Waals surface area contributed by atoms with E-state index in [-0.39, 0.29) is 11.7 Å². The highest BCUT2D eigenvalue weighted by atomic mass is 16.5. The molecule has 0 heterocycles. The van der Waals surface area contributed by atoms with Crippen LogP contribution in [0.25, 0.3) is 6.08 Å². The van der Waals surface area contributed by atoms with Crippen molar-refractivity contribution < 1.29 is 14.6 Å². The third kappa shape index (κ3) is 14.0. The maximum atomic E-state index is 11.7. The van der Waals surface area contributed by atoms with Gasteiger partial charge in [-0.1, -0.05) is 96.1 Å². The fourth-order valence-corrected chi connectivity index (χ4v) is 3.12. The molecule has 0 unspecified atom stereocenters. The SMILES string of the molecule is CCCCCCCCCCCCCCCC(=O)O/C=C\c1ccc(O)cc1. The van der Waals surface area contributed by atoms with Crippen molar-refractivity contribution in [1.82, 2.24) is 0 Å². The van der Waals surface area contributed by atoms with Gasteiger partial charge in [0.1, 0.15) is 5.75 Å². The van der Waals surface area contributed by atoms with Crippen molar-refractivity contribution in [3.05, 3.63) is 36.1 Å². The summed E-state index contributed by atoms with van der Waals surface area (Å²) in [6.07, 6.45) is 20.6. The highest BCUT2D eigenvalue weighted by molar-refractivity contribution is 5.70. The van der Waals surface area contributed by atoms with E-state index in [4.69, 9.17) is 4.74 Å². The van der Waals surface area contributed by atoms with E-state index in [2.05, 4.69) is 6.92 Å². The van der Waals surface area contributed by atoms with Crippen LogP contribution in [0.4, 0.5) is 0 Å². The number of phenols is 1. The van der Waals surface area contributed by atoms with E-state index in [1.807, 2.05) is 0 Å². The first-order chi connectivity index (χ1) is 13.2. The first kappa shape index (κ1) is 23.3. The van der Waals surface area contributed by atoms with E-state index in [1.54, 1.807) is 30.3 Å². The average Bonchev–Trinajstić information content (AvgIpc) is 2.67. The molecule has 0 atom stereocenters. The van der Waals surface area contributed by atoms with Crippen molar-refractivity contribution in [2.75, 3.05) is 0 Å². The number of rotatable bonds is 16. The monoisotopic (exact) mass is 374 g/mol. The molecule has 0 saturated heterocycles. The smallest absolute Gasteiger partial charge is 0.310 e. The van der Waals surface area contributed by atoms with Crippen LogP contribution in [0.15, 0.2) is 30.5 Å². The number of hydrogen-bond donors (Lipinski definition) is 1. The van der Waals surface area contributed by atoms with Gasteiger partial charge in [-0.25, -0.2) is 0 Å². The normalized spacial score (nSPS) is 11.1. The van der Waals surface area contributed by atoms with Crippen LogP contribution >= 0.6 is 0 Å². The molecule has 1 N–H and O–H groups in total. The maximum Gasteiger partial charge on any atom is 0.310 e. The van der Waals surface area contributed by atoms with Crippen molar-refractivity contribution in [2.45, 2.75) is 96.8 Å². The molecule has 0 saturated carbocycles. The van der Waals surface area contributed by atoms with Crippen molar-refractivity contribution in [2.24, 2.45) is 0 Å². The first-order valence-electron chi connectivity index (χ1n) is 10.9. The van der Waals surface area contributed by atoms with Gasteiger partial charge < -0.3 is 9.84 Å². The van der Waals surface area contributed by atoms with Crippen LogP contribution in [0.2, 0.25) is 0 Å². The summed E-state index contributed by atoms with van der Waals surface area (Å²) in [6.45, 7) is 2.26. The molecule has 0 spiro atoms. The van der Waals surface area contributed by atoms with E-state index in [0.29, 0.717) is 6.42 Å². The van der Waals surface area contributed by atoms with Gasteiger partial charge in [-0.3, -0.25) is 4.79 Å². The van der Waals surface area contributed by atoms with Crippen LogP contribution in [-0.4, -0.2) is 11.1 Å². The number of benzene rings is 1. The Morgan fingerprint density at radius 3 is 1.81 bits per heavy atom. The summed E-state index contributed by atoms with van der Waals surface area (Å²) in [6, 6.07) is 6.75. The molecular weight excluding hydrogens is 336 g/mol. The lowest BCUT2D eigenvalue weighted by atomic mass is 10.0. The molecule has 3 heteroatoms. The summed E-state index contributed by atoms with van der Waals surface area (Å²) in [4.78, 5) is 11.7. The summed E-state index contributed by atoms with van der Waals surface area (Å²) in [5.41, 5.74) is 0.890. The predicted molar refractivity (Wildman–Crippen MR) is 114 cm³/mol. The Balaban J connectivity index is 1.87. The van der Waals surface area contributed by atoms with Gasteiger partial charge >= 0.3 is 5.97 Å². The molecule has 0 aromatic heterocycles. The first-order valence-corrected chi connectivity index (χ1v) is 10.9. The Kier molecular flexibility index (Phi) is 14.1. The van der Waals surface area contributed by atoms with Crippen molar-refractivity contribution in [1.29, 1.82) is 0 Å². The van der Waals surface area contributed by atoms with Crippen LogP contribution in [-0.2, 0) is 9.53 Å². The molecule has 3 nitrogen and oxygen atoms in total. The number of phenolic OH excluding ortho intramolecular Hbond substituents is 1. The maximum absolute atomic E-state index is 11.7. The van der Waals surface area contributed by atoms with Crippen LogP contribution in [0.3, 0.4) is 0 Å². The van der Waals surface area contributed by atoms with Crippen molar-refractivity contribution in [3.63, 3.8) is 0 Å². The molecule has 0 radical (unpaired) electrons. The molecule has 1 rings (SSSR count). The predicted octanol–water partition coefficient (Wildman–Crippen LogP) is 7.39. The Labute approximate surface area is 165 Å². The summed E-state index contributed by atoms with van der Waals surface area (Å²) in [5.74, 6) is 0.0552. The lowest BCUT2D eigenvalue weighted by Gasteiger charge is -2.03. The van der Waals surface area contributed by atoms with Gasteiger partial charge in [0, 0.05) is 6.42 Å². The third-order valence-electron chi connectivity index (χ3n) is 4.84. The number of aromatic hydroxyl groups is 1. The summed E-state index contributed by atoms with van der Waals surface area (Å²) < 4.78 is 5.10. The second kappa shape index (κ2) is 16.4. The van der Waals surface area contributed by atoms with Crippen LogP contribution in [0.1, 0.15) is 102 Å². The lowest BCUT2D eigenvalue weighted by Crippen LogP contribution is -1.98. The zero-order chi connectivity index (χ0) is 19.6. The molecule has 0 aliphatic heterocycles. The minimum atomic E-state index is -0.173. The number of unbranched alkanes of at least 4 members (excludes halogenated alkanes) is 12. The van der Waals surface area contributed by atoms with Gasteiger partial charge in [-0.2, -0.15) is 0 Å². The lowest BCUT2D eigenvalue weighted by molar-refractivity contribution is -0.138. The van der Waals surface area contributed by atoms with Gasteiger partial charge in [-0.15, -0.1) is 0 Å². The molecule has 0 bridgehead atoms. The second-order valence-corrected chi connectivity index (χ2v) is 7.38. The van der Waals surface area contributed by atoms with Gasteiger partial charge in [-0.05, 0) is 30.2 Å². The number of carbonyl (C=O) groups excluding carboxylic acids is 1. The van der Waals surface area contributed by atoms with Gasteiger partial charge in [0.05, 0.1) is 6.26 Å². The zero-order valence-corrected chi connectivity index (χ0v) is 17.1. The highest BCUT2D eigenvalue weighted by Gasteiger charge is 2.01. The summed E-state index contributed by atoms with van der Waals surface area (Å²) >= 11 is 0. The molecule has 1 aromatic carbocycles. The van der Waals surface area contributed by atoms with Crippen molar-refractivity contribution >= 4 is 12.0 Å². The molecular formula is C24H38O3. The van der Waals surface area contributed by atoms with E-state index < -0.39 is 0 Å². The minimum Gasteiger partial charge on any atom is -0.508 e. The number of hydrogen-bond acceptors (Lipinski definition) is 3. The second-order valence-electron chi connectivity index (χ2n) is 7.38. The van der Waals surface area contributed by atoms with Gasteiger partial charge in [0.25, 0.3) is 0 Å². The van der Waals surface area contributed by atoms with Gasteiger partial charge in [0.15, 0.2) is 0 Å². The zero-order valence-electron chi connectivity index (χ0n) is 17.1. The average molecular weight is 375 g/mol. The molecule has 27 heavy (non-hydrogen) atoms. The van der Waals surface area contributed by atoms with Gasteiger partial charge in [0.2, 0.25) is 0 Å². The Morgan fingerprint density at radius 1 is 0.815 bits per heavy atom. The fourth-order valence-electron chi connectivity index (χ4n) is 3.12. The molecule has 0 aliphatic rings. The molecule has 152 valence electrons. The standard InChI is InChI=1S/C24H38O3/c1-2-3-4-5-6-7-8-9-10-11-12-13-14-15-24(26)27-21-20-22-16-18-23(25)19-17-22/h16-21,25H,2-15H2,1H3/b21-20-. The van der Waals surface area contributed by atoms with Crippen LogP contribution in [0, 0.1) is 0 Å². The summed E-state index contributed by atoms with van der Waals surface area (Å²) in [5, 5.41) is 9.21. The topological polar surface area (TPSA) is 46.5 Å². The number of esters is 1.